The van der Waals surface area contributed by atoms with Crippen molar-refractivity contribution >= 4 is 12.4 Å². The van der Waals surface area contributed by atoms with Crippen molar-refractivity contribution in [1.29, 1.82) is 0 Å². The van der Waals surface area contributed by atoms with Crippen LogP contribution in [0.1, 0.15) is 18.4 Å². The van der Waals surface area contributed by atoms with E-state index in [1.807, 2.05) is 24.3 Å². The van der Waals surface area contributed by atoms with Crippen LogP contribution in [0.4, 0.5) is 0 Å². The third kappa shape index (κ3) is 3.43. The van der Waals surface area contributed by atoms with E-state index in [9.17, 15) is 0 Å². The van der Waals surface area contributed by atoms with Crippen LogP contribution >= 0.6 is 12.4 Å². The minimum absolute atomic E-state index is 0. The van der Waals surface area contributed by atoms with Gasteiger partial charge in [-0.05, 0) is 30.8 Å². The summed E-state index contributed by atoms with van der Waals surface area (Å²) in [5, 5.41) is 0. The molecule has 2 aromatic heterocycles. The lowest BCUT2D eigenvalue weighted by Gasteiger charge is -2.17. The molecular weight excluding hydrogens is 226 g/mol. The fourth-order valence-electron chi connectivity index (χ4n) is 1.53. The van der Waals surface area contributed by atoms with Gasteiger partial charge in [0.1, 0.15) is 11.5 Å². The lowest BCUT2D eigenvalue weighted by Crippen LogP contribution is -2.21. The van der Waals surface area contributed by atoms with E-state index in [0.717, 1.165) is 31.2 Å². The molecular formula is C12H16ClNO2. The van der Waals surface area contributed by atoms with Crippen LogP contribution in [0.5, 0.6) is 0 Å². The molecule has 0 radical (unpaired) electrons. The summed E-state index contributed by atoms with van der Waals surface area (Å²) in [5.41, 5.74) is 0. The molecule has 4 heteroatoms. The number of nitrogens with zero attached hydrogens (tertiary/aromatic N) is 1. The van der Waals surface area contributed by atoms with E-state index in [4.69, 9.17) is 8.83 Å². The van der Waals surface area contributed by atoms with Crippen LogP contribution in [0.2, 0.25) is 0 Å². The summed E-state index contributed by atoms with van der Waals surface area (Å²) in [6.45, 7) is 4.75. The van der Waals surface area contributed by atoms with Gasteiger partial charge in [-0.15, -0.1) is 12.4 Å². The van der Waals surface area contributed by atoms with Crippen LogP contribution in [0, 0.1) is 0 Å². The van der Waals surface area contributed by atoms with Crippen LogP contribution < -0.4 is 0 Å². The molecule has 0 aliphatic heterocycles. The minimum Gasteiger partial charge on any atom is -0.468 e. The Morgan fingerprint density at radius 2 is 1.50 bits per heavy atom. The van der Waals surface area contributed by atoms with Crippen LogP contribution in [-0.4, -0.2) is 11.4 Å². The highest BCUT2D eigenvalue weighted by Crippen LogP contribution is 2.10. The maximum absolute atomic E-state index is 5.31. The number of furan rings is 2. The van der Waals surface area contributed by atoms with Crippen molar-refractivity contribution in [2.45, 2.75) is 20.0 Å². The van der Waals surface area contributed by atoms with E-state index < -0.39 is 0 Å². The van der Waals surface area contributed by atoms with Gasteiger partial charge >= 0.3 is 0 Å². The van der Waals surface area contributed by atoms with Gasteiger partial charge in [0.15, 0.2) is 0 Å². The molecule has 2 heterocycles. The molecule has 0 fully saturated rings. The lowest BCUT2D eigenvalue weighted by molar-refractivity contribution is 0.229. The van der Waals surface area contributed by atoms with Crippen molar-refractivity contribution in [3.05, 3.63) is 48.3 Å². The van der Waals surface area contributed by atoms with Crippen LogP contribution in [0.15, 0.2) is 45.6 Å². The monoisotopic (exact) mass is 241 g/mol. The number of halogens is 1. The summed E-state index contributed by atoms with van der Waals surface area (Å²) >= 11 is 0. The Morgan fingerprint density at radius 1 is 1.00 bits per heavy atom. The van der Waals surface area contributed by atoms with Crippen molar-refractivity contribution in [3.63, 3.8) is 0 Å². The Morgan fingerprint density at radius 3 is 1.81 bits per heavy atom. The Balaban J connectivity index is 0.00000128. The highest BCUT2D eigenvalue weighted by atomic mass is 35.5. The van der Waals surface area contributed by atoms with Gasteiger partial charge in [-0.25, -0.2) is 0 Å². The fourth-order valence-corrected chi connectivity index (χ4v) is 1.53. The zero-order chi connectivity index (χ0) is 10.5. The lowest BCUT2D eigenvalue weighted by atomic mass is 10.3. The standard InChI is InChI=1S/C12H15NO2.ClH/c1-2-13(9-11-5-3-7-14-11)10-12-6-4-8-15-12;/h3-8H,2,9-10H2,1H3;1H. The first-order chi connectivity index (χ1) is 7.38. The van der Waals surface area contributed by atoms with Gasteiger partial charge in [-0.3, -0.25) is 4.90 Å². The molecule has 0 amide bonds. The molecule has 0 N–H and O–H groups in total. The Kier molecular flexibility index (Phi) is 5.15. The van der Waals surface area contributed by atoms with Gasteiger partial charge in [0.25, 0.3) is 0 Å². The van der Waals surface area contributed by atoms with Gasteiger partial charge in [-0.2, -0.15) is 0 Å². The predicted molar refractivity (Wildman–Crippen MR) is 64.5 cm³/mol. The third-order valence-corrected chi connectivity index (χ3v) is 2.37. The van der Waals surface area contributed by atoms with Crippen molar-refractivity contribution < 1.29 is 8.83 Å². The number of rotatable bonds is 5. The zero-order valence-corrected chi connectivity index (χ0v) is 10.1. The van der Waals surface area contributed by atoms with Gasteiger partial charge in [-0.1, -0.05) is 6.92 Å². The summed E-state index contributed by atoms with van der Waals surface area (Å²) < 4.78 is 10.6. The van der Waals surface area contributed by atoms with E-state index in [1.165, 1.54) is 0 Å². The molecule has 0 bridgehead atoms. The Hall–Kier alpha value is -1.19. The van der Waals surface area contributed by atoms with E-state index in [0.29, 0.717) is 0 Å². The van der Waals surface area contributed by atoms with E-state index >= 15 is 0 Å². The average Bonchev–Trinajstić information content (AvgIpc) is 2.89. The van der Waals surface area contributed by atoms with Crippen molar-refractivity contribution in [1.82, 2.24) is 4.90 Å². The number of hydrogen-bond donors (Lipinski definition) is 0. The molecule has 2 aromatic rings. The first kappa shape index (κ1) is 12.9. The van der Waals surface area contributed by atoms with Crippen LogP contribution in [-0.2, 0) is 13.1 Å². The minimum atomic E-state index is 0. The molecule has 16 heavy (non-hydrogen) atoms. The topological polar surface area (TPSA) is 29.5 Å². The summed E-state index contributed by atoms with van der Waals surface area (Å²) in [4.78, 5) is 2.26. The molecule has 0 unspecified atom stereocenters. The Labute approximate surface area is 101 Å². The van der Waals surface area contributed by atoms with Crippen molar-refractivity contribution in [2.24, 2.45) is 0 Å². The highest BCUT2D eigenvalue weighted by molar-refractivity contribution is 5.85. The molecule has 0 saturated carbocycles. The summed E-state index contributed by atoms with van der Waals surface area (Å²) in [7, 11) is 0. The van der Waals surface area contributed by atoms with Crippen LogP contribution in [0.25, 0.3) is 0 Å². The summed E-state index contributed by atoms with van der Waals surface area (Å²) in [6, 6.07) is 7.81. The van der Waals surface area contributed by atoms with Crippen LogP contribution in [0.3, 0.4) is 0 Å². The highest BCUT2D eigenvalue weighted by Gasteiger charge is 2.07. The van der Waals surface area contributed by atoms with Gasteiger partial charge in [0.05, 0.1) is 25.6 Å². The van der Waals surface area contributed by atoms with Crippen molar-refractivity contribution in [2.75, 3.05) is 6.54 Å². The maximum Gasteiger partial charge on any atom is 0.117 e. The molecule has 2 rings (SSSR count). The van der Waals surface area contributed by atoms with Crippen molar-refractivity contribution in [3.8, 4) is 0 Å². The molecule has 88 valence electrons. The summed E-state index contributed by atoms with van der Waals surface area (Å²) in [6.07, 6.45) is 3.41. The normalized spacial score (nSPS) is 10.4. The maximum atomic E-state index is 5.31. The first-order valence-electron chi connectivity index (χ1n) is 5.15. The molecule has 0 aromatic carbocycles. The second-order valence-corrected chi connectivity index (χ2v) is 3.46. The van der Waals surface area contributed by atoms with Gasteiger partial charge in [0.2, 0.25) is 0 Å². The summed E-state index contributed by atoms with van der Waals surface area (Å²) in [5.74, 6) is 1.98. The molecule has 0 atom stereocenters. The largest absolute Gasteiger partial charge is 0.468 e. The average molecular weight is 242 g/mol. The van der Waals surface area contributed by atoms with E-state index in [1.54, 1.807) is 12.5 Å². The molecule has 0 aliphatic rings. The Bertz CT molecular complexity index is 333. The van der Waals surface area contributed by atoms with Gasteiger partial charge < -0.3 is 8.83 Å². The zero-order valence-electron chi connectivity index (χ0n) is 9.26. The third-order valence-electron chi connectivity index (χ3n) is 2.37. The molecule has 3 nitrogen and oxygen atoms in total. The predicted octanol–water partition coefficient (Wildman–Crippen LogP) is 3.32. The van der Waals surface area contributed by atoms with E-state index in [2.05, 4.69) is 11.8 Å². The van der Waals surface area contributed by atoms with E-state index in [-0.39, 0.29) is 12.4 Å². The van der Waals surface area contributed by atoms with Gasteiger partial charge in [0, 0.05) is 0 Å². The molecule has 0 saturated heterocycles. The fraction of sp³-hybridized carbons (Fsp3) is 0.333. The second-order valence-electron chi connectivity index (χ2n) is 3.46. The second kappa shape index (κ2) is 6.40. The first-order valence-corrected chi connectivity index (χ1v) is 5.15. The molecule has 0 spiro atoms. The quantitative estimate of drug-likeness (QED) is 0.804. The molecule has 0 aliphatic carbocycles. The SMILES string of the molecule is CCN(Cc1ccco1)Cc1ccco1.Cl. The smallest absolute Gasteiger partial charge is 0.117 e. The number of hydrogen-bond acceptors (Lipinski definition) is 3.